The molecule has 0 unspecified atom stereocenters. The average molecular weight is 129 g/mol. The number of carbonyl (C=O) groups excluding carboxylic acids is 1. The van der Waals surface area contributed by atoms with Gasteiger partial charge in [-0.25, -0.2) is 0 Å². The minimum absolute atomic E-state index is 0.0810. The topological polar surface area (TPSA) is 81.1 Å². The number of amides is 1. The molecule has 4 nitrogen and oxygen atoms in total. The average Bonchev–Trinajstić information content (AvgIpc) is 2.13. The van der Waals surface area contributed by atoms with E-state index in [4.69, 9.17) is 11.5 Å². The third-order valence-electron chi connectivity index (χ3n) is 1.63. The molecule has 0 radical (unpaired) electrons. The summed E-state index contributed by atoms with van der Waals surface area (Å²) in [6, 6.07) is -0.0810. The van der Waals surface area contributed by atoms with E-state index in [-0.39, 0.29) is 17.9 Å². The van der Waals surface area contributed by atoms with Crippen molar-refractivity contribution >= 4 is 5.91 Å². The van der Waals surface area contributed by atoms with Crippen molar-refractivity contribution in [2.45, 2.75) is 6.04 Å². The van der Waals surface area contributed by atoms with Gasteiger partial charge in [-0.3, -0.25) is 4.79 Å². The van der Waals surface area contributed by atoms with Crippen molar-refractivity contribution < 1.29 is 4.79 Å². The Labute approximate surface area is 53.6 Å². The van der Waals surface area contributed by atoms with E-state index in [9.17, 15) is 4.79 Å². The van der Waals surface area contributed by atoms with Crippen LogP contribution in [0.1, 0.15) is 0 Å². The van der Waals surface area contributed by atoms with Gasteiger partial charge < -0.3 is 16.8 Å². The van der Waals surface area contributed by atoms with Gasteiger partial charge in [-0.1, -0.05) is 0 Å². The maximum absolute atomic E-state index is 10.5. The summed E-state index contributed by atoms with van der Waals surface area (Å²) in [4.78, 5) is 10.5. The van der Waals surface area contributed by atoms with Crippen molar-refractivity contribution in [3.63, 3.8) is 0 Å². The molecule has 0 spiro atoms. The van der Waals surface area contributed by atoms with Crippen LogP contribution >= 0.6 is 0 Å². The van der Waals surface area contributed by atoms with E-state index >= 15 is 0 Å². The SMILES string of the molecule is NC(=O)[C@@H]1CNC[C@@H]1N. The second-order valence-corrected chi connectivity index (χ2v) is 2.33. The van der Waals surface area contributed by atoms with Crippen molar-refractivity contribution in [3.05, 3.63) is 0 Å². The van der Waals surface area contributed by atoms with Gasteiger partial charge in [-0.2, -0.15) is 0 Å². The van der Waals surface area contributed by atoms with Gasteiger partial charge in [0.05, 0.1) is 5.92 Å². The summed E-state index contributed by atoms with van der Waals surface area (Å²) < 4.78 is 0. The van der Waals surface area contributed by atoms with Crippen LogP contribution < -0.4 is 16.8 Å². The Morgan fingerprint density at radius 2 is 2.22 bits per heavy atom. The normalized spacial score (nSPS) is 34.8. The molecule has 2 atom stereocenters. The molecule has 1 aliphatic rings. The Balaban J connectivity index is 2.49. The van der Waals surface area contributed by atoms with Gasteiger partial charge in [0.25, 0.3) is 0 Å². The monoisotopic (exact) mass is 129 g/mol. The first kappa shape index (κ1) is 6.51. The molecule has 0 aliphatic carbocycles. The fraction of sp³-hybridized carbons (Fsp3) is 0.800. The predicted molar refractivity (Wildman–Crippen MR) is 33.5 cm³/mol. The van der Waals surface area contributed by atoms with Crippen molar-refractivity contribution in [1.29, 1.82) is 0 Å². The number of nitrogens with two attached hydrogens (primary N) is 2. The number of nitrogens with one attached hydrogen (secondary N) is 1. The van der Waals surface area contributed by atoms with Crippen molar-refractivity contribution in [2.24, 2.45) is 17.4 Å². The van der Waals surface area contributed by atoms with E-state index in [2.05, 4.69) is 5.32 Å². The molecule has 9 heavy (non-hydrogen) atoms. The summed E-state index contributed by atoms with van der Waals surface area (Å²) >= 11 is 0. The smallest absolute Gasteiger partial charge is 0.223 e. The maximum atomic E-state index is 10.5. The van der Waals surface area contributed by atoms with Crippen molar-refractivity contribution in [3.8, 4) is 0 Å². The Kier molecular flexibility index (Phi) is 1.68. The summed E-state index contributed by atoms with van der Waals surface area (Å²) in [7, 11) is 0. The molecule has 1 amide bonds. The summed E-state index contributed by atoms with van der Waals surface area (Å²) in [6.45, 7) is 1.34. The minimum atomic E-state index is -0.299. The first-order valence-corrected chi connectivity index (χ1v) is 2.97. The third-order valence-corrected chi connectivity index (χ3v) is 1.63. The lowest BCUT2D eigenvalue weighted by atomic mass is 10.1. The van der Waals surface area contributed by atoms with E-state index in [1.807, 2.05) is 0 Å². The van der Waals surface area contributed by atoms with Gasteiger partial charge in [0.1, 0.15) is 0 Å². The lowest BCUT2D eigenvalue weighted by Crippen LogP contribution is -2.37. The third kappa shape index (κ3) is 1.20. The molecule has 0 bridgehead atoms. The van der Waals surface area contributed by atoms with E-state index in [1.54, 1.807) is 0 Å². The van der Waals surface area contributed by atoms with E-state index in [0.717, 1.165) is 0 Å². The van der Waals surface area contributed by atoms with Gasteiger partial charge in [0.15, 0.2) is 0 Å². The molecule has 1 heterocycles. The maximum Gasteiger partial charge on any atom is 0.223 e. The molecular formula is C5H11N3O. The van der Waals surface area contributed by atoms with Crippen LogP contribution in [0.3, 0.4) is 0 Å². The molecule has 52 valence electrons. The zero-order chi connectivity index (χ0) is 6.85. The van der Waals surface area contributed by atoms with Crippen LogP contribution in [0.4, 0.5) is 0 Å². The molecule has 0 saturated carbocycles. The zero-order valence-electron chi connectivity index (χ0n) is 5.13. The highest BCUT2D eigenvalue weighted by molar-refractivity contribution is 5.78. The van der Waals surface area contributed by atoms with Gasteiger partial charge in [0.2, 0.25) is 5.91 Å². The van der Waals surface area contributed by atoms with Crippen LogP contribution in [0.15, 0.2) is 0 Å². The summed E-state index contributed by atoms with van der Waals surface area (Å²) in [5.41, 5.74) is 10.5. The number of rotatable bonds is 1. The molecule has 4 heteroatoms. The van der Waals surface area contributed by atoms with Gasteiger partial charge in [0, 0.05) is 19.1 Å². The largest absolute Gasteiger partial charge is 0.369 e. The van der Waals surface area contributed by atoms with Crippen LogP contribution in [0.5, 0.6) is 0 Å². The van der Waals surface area contributed by atoms with Crippen LogP contribution in [-0.4, -0.2) is 25.0 Å². The number of carbonyl (C=O) groups is 1. The van der Waals surface area contributed by atoms with E-state index in [1.165, 1.54) is 0 Å². The second kappa shape index (κ2) is 2.33. The Hall–Kier alpha value is -0.610. The van der Waals surface area contributed by atoms with Crippen LogP contribution in [0, 0.1) is 5.92 Å². The van der Waals surface area contributed by atoms with Crippen molar-refractivity contribution in [1.82, 2.24) is 5.32 Å². The summed E-state index contributed by atoms with van der Waals surface area (Å²) in [6.07, 6.45) is 0. The lowest BCUT2D eigenvalue weighted by Gasteiger charge is -2.07. The van der Waals surface area contributed by atoms with Crippen LogP contribution in [0.25, 0.3) is 0 Å². The van der Waals surface area contributed by atoms with Gasteiger partial charge in [-0.15, -0.1) is 0 Å². The Morgan fingerprint density at radius 3 is 2.44 bits per heavy atom. The molecule has 1 rings (SSSR count). The zero-order valence-corrected chi connectivity index (χ0v) is 5.13. The minimum Gasteiger partial charge on any atom is -0.369 e. The molecule has 0 aromatic rings. The second-order valence-electron chi connectivity index (χ2n) is 2.33. The Bertz CT molecular complexity index is 125. The number of hydrogen-bond donors (Lipinski definition) is 3. The fourth-order valence-corrected chi connectivity index (χ4v) is 1.01. The van der Waals surface area contributed by atoms with Crippen LogP contribution in [0.2, 0.25) is 0 Å². The molecule has 1 aliphatic heterocycles. The number of hydrogen-bond acceptors (Lipinski definition) is 3. The quantitative estimate of drug-likeness (QED) is 0.383. The van der Waals surface area contributed by atoms with E-state index in [0.29, 0.717) is 13.1 Å². The highest BCUT2D eigenvalue weighted by Crippen LogP contribution is 2.04. The molecule has 0 aromatic heterocycles. The summed E-state index contributed by atoms with van der Waals surface area (Å²) in [5, 5.41) is 2.98. The molecule has 1 fully saturated rings. The first-order valence-electron chi connectivity index (χ1n) is 2.97. The Morgan fingerprint density at radius 1 is 1.56 bits per heavy atom. The van der Waals surface area contributed by atoms with Crippen LogP contribution in [-0.2, 0) is 4.79 Å². The van der Waals surface area contributed by atoms with Gasteiger partial charge in [-0.05, 0) is 0 Å². The fourth-order valence-electron chi connectivity index (χ4n) is 1.01. The molecular weight excluding hydrogens is 118 g/mol. The summed E-state index contributed by atoms with van der Waals surface area (Å²) in [5.74, 6) is -0.461. The molecule has 5 N–H and O–H groups in total. The number of primary amides is 1. The van der Waals surface area contributed by atoms with Gasteiger partial charge >= 0.3 is 0 Å². The first-order chi connectivity index (χ1) is 4.22. The molecule has 0 aromatic carbocycles. The lowest BCUT2D eigenvalue weighted by molar-refractivity contribution is -0.121. The highest BCUT2D eigenvalue weighted by atomic mass is 16.1. The van der Waals surface area contributed by atoms with Crippen molar-refractivity contribution in [2.75, 3.05) is 13.1 Å². The molecule has 1 saturated heterocycles. The standard InChI is InChI=1S/C5H11N3O/c6-4-2-8-1-3(4)5(7)9/h3-4,8H,1-2,6H2,(H2,7,9)/t3-,4+/m1/s1. The van der Waals surface area contributed by atoms with E-state index < -0.39 is 0 Å². The highest BCUT2D eigenvalue weighted by Gasteiger charge is 2.27. The predicted octanol–water partition coefficient (Wildman–Crippen LogP) is -1.98.